The average Bonchev–Trinajstić information content (AvgIpc) is 3.42. The van der Waals surface area contributed by atoms with Gasteiger partial charge in [-0.3, -0.25) is 9.69 Å². The highest BCUT2D eigenvalue weighted by atomic mass is 16.6. The number of hydrogen-bond donors (Lipinski definition) is 1. The molecule has 1 aliphatic heterocycles. The van der Waals surface area contributed by atoms with Crippen LogP contribution < -0.4 is 15.0 Å². The fourth-order valence-corrected chi connectivity index (χ4v) is 4.95. The number of nitrogens with zero attached hydrogens (tertiary/aromatic N) is 5. The van der Waals surface area contributed by atoms with E-state index in [0.29, 0.717) is 43.4 Å². The molecule has 0 unspecified atom stereocenters. The van der Waals surface area contributed by atoms with E-state index in [1.165, 1.54) is 5.56 Å². The van der Waals surface area contributed by atoms with Gasteiger partial charge >= 0.3 is 0 Å². The molecule has 0 aliphatic carbocycles. The standard InChI is InChI=1S/C29H36N6O3/c1-5-10-24(27-31-32-33-35(27)29(3,4)6-2)34(18-20-11-8-7-9-12-20)19-22-15-21-16-25-26(38-14-13-37-25)17-23(21)30-28(22)36/h7-9,11-12,15-17,24H,5-6,10,13-14,18-19H2,1-4H3,(H,30,36)/t24-/m1/s1. The Kier molecular flexibility index (Phi) is 7.46. The number of benzene rings is 2. The Morgan fingerprint density at radius 1 is 1.05 bits per heavy atom. The van der Waals surface area contributed by atoms with Crippen LogP contribution in [0.25, 0.3) is 10.9 Å². The third-order valence-electron chi connectivity index (χ3n) is 7.42. The second-order valence-corrected chi connectivity index (χ2v) is 10.5. The maximum atomic E-state index is 13.3. The molecule has 2 aromatic carbocycles. The lowest BCUT2D eigenvalue weighted by Crippen LogP contribution is -2.36. The lowest BCUT2D eigenvalue weighted by molar-refractivity contribution is 0.145. The summed E-state index contributed by atoms with van der Waals surface area (Å²) in [4.78, 5) is 18.7. The monoisotopic (exact) mass is 516 g/mol. The predicted molar refractivity (Wildman–Crippen MR) is 146 cm³/mol. The van der Waals surface area contributed by atoms with Crippen LogP contribution in [-0.4, -0.2) is 43.3 Å². The smallest absolute Gasteiger partial charge is 0.252 e. The van der Waals surface area contributed by atoms with Gasteiger partial charge in [-0.05, 0) is 54.8 Å². The minimum atomic E-state index is -0.231. The second kappa shape index (κ2) is 10.9. The number of tetrazole rings is 1. The average molecular weight is 517 g/mol. The summed E-state index contributed by atoms with van der Waals surface area (Å²) in [6.45, 7) is 10.7. The Morgan fingerprint density at radius 3 is 2.50 bits per heavy atom. The van der Waals surface area contributed by atoms with Gasteiger partial charge in [0.2, 0.25) is 0 Å². The first-order valence-electron chi connectivity index (χ1n) is 13.4. The van der Waals surface area contributed by atoms with Gasteiger partial charge in [0.15, 0.2) is 17.3 Å². The van der Waals surface area contributed by atoms with Crippen molar-refractivity contribution in [2.75, 3.05) is 13.2 Å². The molecule has 0 radical (unpaired) electrons. The minimum absolute atomic E-state index is 0.0728. The highest BCUT2D eigenvalue weighted by molar-refractivity contribution is 5.83. The SMILES string of the molecule is CCC[C@H](c1nnnn1C(C)(C)CC)N(Cc1ccccc1)Cc1cc2cc3c(cc2[nH]c1=O)OCCO3. The number of nitrogens with one attached hydrogen (secondary N) is 1. The van der Waals surface area contributed by atoms with E-state index in [4.69, 9.17) is 9.47 Å². The van der Waals surface area contributed by atoms with Gasteiger partial charge in [-0.15, -0.1) is 5.10 Å². The summed E-state index contributed by atoms with van der Waals surface area (Å²) in [7, 11) is 0. The third kappa shape index (κ3) is 5.29. The summed E-state index contributed by atoms with van der Waals surface area (Å²) in [6.07, 6.45) is 2.70. The topological polar surface area (TPSA) is 98.2 Å². The number of aromatic amines is 1. The molecule has 9 nitrogen and oxygen atoms in total. The van der Waals surface area contributed by atoms with Gasteiger partial charge < -0.3 is 14.5 Å². The third-order valence-corrected chi connectivity index (χ3v) is 7.42. The number of hydrogen-bond acceptors (Lipinski definition) is 7. The van der Waals surface area contributed by atoms with Gasteiger partial charge in [-0.1, -0.05) is 50.6 Å². The summed E-state index contributed by atoms with van der Waals surface area (Å²) >= 11 is 0. The highest BCUT2D eigenvalue weighted by Crippen LogP contribution is 2.35. The molecule has 0 saturated heterocycles. The van der Waals surface area contributed by atoms with Gasteiger partial charge in [-0.2, -0.15) is 0 Å². The lowest BCUT2D eigenvalue weighted by Gasteiger charge is -2.33. The highest BCUT2D eigenvalue weighted by Gasteiger charge is 2.31. The molecule has 0 bridgehead atoms. The van der Waals surface area contributed by atoms with Crippen LogP contribution in [0, 0.1) is 0 Å². The maximum Gasteiger partial charge on any atom is 0.252 e. The lowest BCUT2D eigenvalue weighted by atomic mass is 10.00. The van der Waals surface area contributed by atoms with E-state index >= 15 is 0 Å². The number of aromatic nitrogens is 5. The molecular formula is C29H36N6O3. The zero-order chi connectivity index (χ0) is 26.7. The number of fused-ring (bicyclic) bond motifs is 2. The first-order valence-corrected chi connectivity index (χ1v) is 13.4. The van der Waals surface area contributed by atoms with Crippen molar-refractivity contribution in [1.82, 2.24) is 30.1 Å². The van der Waals surface area contributed by atoms with Crippen LogP contribution in [0.2, 0.25) is 0 Å². The molecule has 4 aromatic rings. The Morgan fingerprint density at radius 2 is 1.79 bits per heavy atom. The number of ether oxygens (including phenoxy) is 2. The van der Waals surface area contributed by atoms with Gasteiger partial charge in [0.1, 0.15) is 13.2 Å². The first-order chi connectivity index (χ1) is 18.4. The van der Waals surface area contributed by atoms with E-state index in [2.05, 4.69) is 65.2 Å². The van der Waals surface area contributed by atoms with Crippen LogP contribution in [0.1, 0.15) is 70.0 Å². The predicted octanol–water partition coefficient (Wildman–Crippen LogP) is 4.97. The molecule has 38 heavy (non-hydrogen) atoms. The molecule has 3 heterocycles. The van der Waals surface area contributed by atoms with Crippen molar-refractivity contribution in [3.63, 3.8) is 0 Å². The Balaban J connectivity index is 1.57. The zero-order valence-corrected chi connectivity index (χ0v) is 22.6. The van der Waals surface area contributed by atoms with E-state index in [0.717, 1.165) is 36.0 Å². The molecule has 0 saturated carbocycles. The van der Waals surface area contributed by atoms with E-state index in [1.807, 2.05) is 41.1 Å². The normalized spacial score (nSPS) is 14.2. The van der Waals surface area contributed by atoms with E-state index in [9.17, 15) is 4.79 Å². The molecule has 1 N–H and O–H groups in total. The fraction of sp³-hybridized carbons (Fsp3) is 0.448. The van der Waals surface area contributed by atoms with Crippen LogP contribution in [0.4, 0.5) is 0 Å². The van der Waals surface area contributed by atoms with Gasteiger partial charge in [-0.25, -0.2) is 4.68 Å². The van der Waals surface area contributed by atoms with Crippen molar-refractivity contribution in [2.24, 2.45) is 0 Å². The zero-order valence-electron chi connectivity index (χ0n) is 22.6. The molecule has 2 aromatic heterocycles. The molecule has 0 fully saturated rings. The van der Waals surface area contributed by atoms with Crippen LogP contribution in [0.3, 0.4) is 0 Å². The van der Waals surface area contributed by atoms with E-state index in [1.54, 1.807) is 0 Å². The molecule has 200 valence electrons. The summed E-state index contributed by atoms with van der Waals surface area (Å²) < 4.78 is 13.4. The van der Waals surface area contributed by atoms with Gasteiger partial charge in [0.25, 0.3) is 5.56 Å². The largest absolute Gasteiger partial charge is 0.486 e. The van der Waals surface area contributed by atoms with Gasteiger partial charge in [0, 0.05) is 30.1 Å². The van der Waals surface area contributed by atoms with E-state index in [-0.39, 0.29) is 17.1 Å². The number of rotatable bonds is 10. The van der Waals surface area contributed by atoms with Crippen molar-refractivity contribution in [3.8, 4) is 11.5 Å². The Hall–Kier alpha value is -3.72. The number of pyridine rings is 1. The van der Waals surface area contributed by atoms with Crippen LogP contribution in [0.15, 0.2) is 53.3 Å². The minimum Gasteiger partial charge on any atom is -0.486 e. The Labute approximate surface area is 222 Å². The molecule has 0 spiro atoms. The molecule has 1 atom stereocenters. The summed E-state index contributed by atoms with van der Waals surface area (Å²) in [5.74, 6) is 2.19. The molecule has 5 rings (SSSR count). The fourth-order valence-electron chi connectivity index (χ4n) is 4.95. The second-order valence-electron chi connectivity index (χ2n) is 10.5. The van der Waals surface area contributed by atoms with Crippen LogP contribution in [-0.2, 0) is 18.6 Å². The van der Waals surface area contributed by atoms with Crippen LogP contribution in [0.5, 0.6) is 11.5 Å². The summed E-state index contributed by atoms with van der Waals surface area (Å²) in [5.41, 5.74) is 2.23. The molecule has 9 heteroatoms. The van der Waals surface area contributed by atoms with E-state index < -0.39 is 0 Å². The molecular weight excluding hydrogens is 480 g/mol. The summed E-state index contributed by atoms with van der Waals surface area (Å²) in [6, 6.07) is 16.0. The van der Waals surface area contributed by atoms with Crippen molar-refractivity contribution in [3.05, 3.63) is 75.8 Å². The maximum absolute atomic E-state index is 13.3. The molecule has 0 amide bonds. The Bertz CT molecular complexity index is 1450. The van der Waals surface area contributed by atoms with Gasteiger partial charge in [0.05, 0.1) is 17.1 Å². The first kappa shape index (κ1) is 25.9. The quantitative estimate of drug-likeness (QED) is 0.318. The van der Waals surface area contributed by atoms with Crippen LogP contribution >= 0.6 is 0 Å². The van der Waals surface area contributed by atoms with Crippen molar-refractivity contribution >= 4 is 10.9 Å². The summed E-state index contributed by atoms with van der Waals surface area (Å²) in [5, 5.41) is 13.9. The molecule has 1 aliphatic rings. The van der Waals surface area contributed by atoms with Crippen molar-refractivity contribution in [1.29, 1.82) is 0 Å². The van der Waals surface area contributed by atoms with Crippen molar-refractivity contribution < 1.29 is 9.47 Å². The van der Waals surface area contributed by atoms with Crippen molar-refractivity contribution in [2.45, 2.75) is 71.6 Å². The number of H-pyrrole nitrogens is 1.